The number of rotatable bonds is 3. The highest BCUT2D eigenvalue weighted by Gasteiger charge is 2.26. The number of hydrogen-bond acceptors (Lipinski definition) is 5. The van der Waals surface area contributed by atoms with Gasteiger partial charge in [0.1, 0.15) is 0 Å². The van der Waals surface area contributed by atoms with Gasteiger partial charge in [-0.05, 0) is 50.5 Å². The first-order valence-electron chi connectivity index (χ1n) is 8.49. The highest BCUT2D eigenvalue weighted by atomic mass is 16.2. The first-order chi connectivity index (χ1) is 11.7. The lowest BCUT2D eigenvalue weighted by Crippen LogP contribution is -2.39. The van der Waals surface area contributed by atoms with Crippen molar-refractivity contribution in [1.82, 2.24) is 30.5 Å². The number of hydrogen-bond donors (Lipinski definition) is 2. The van der Waals surface area contributed by atoms with Crippen LogP contribution in [0.4, 0.5) is 0 Å². The fourth-order valence-corrected chi connectivity index (χ4v) is 3.71. The molecule has 0 saturated heterocycles. The molecule has 8 heteroatoms. The zero-order chi connectivity index (χ0) is 16.5. The number of carbonyl (C=O) groups excluding carboxylic acids is 1. The molecule has 0 atom stereocenters. The summed E-state index contributed by atoms with van der Waals surface area (Å²) in [5.41, 5.74) is 2.50. The van der Waals surface area contributed by atoms with Crippen LogP contribution in [0.1, 0.15) is 59.9 Å². The van der Waals surface area contributed by atoms with E-state index in [-0.39, 0.29) is 23.6 Å². The van der Waals surface area contributed by atoms with Crippen molar-refractivity contribution in [2.75, 3.05) is 0 Å². The highest BCUT2D eigenvalue weighted by Crippen LogP contribution is 2.28. The topological polar surface area (TPSA) is 106 Å². The zero-order valence-corrected chi connectivity index (χ0v) is 13.4. The quantitative estimate of drug-likeness (QED) is 0.865. The summed E-state index contributed by atoms with van der Waals surface area (Å²) in [7, 11) is 0. The van der Waals surface area contributed by atoms with Crippen molar-refractivity contribution in [2.24, 2.45) is 0 Å². The van der Waals surface area contributed by atoms with Crippen LogP contribution in [0.3, 0.4) is 0 Å². The number of aromatic nitrogens is 5. The fourth-order valence-electron chi connectivity index (χ4n) is 3.71. The summed E-state index contributed by atoms with van der Waals surface area (Å²) in [6.07, 6.45) is 7.80. The van der Waals surface area contributed by atoms with Crippen molar-refractivity contribution < 1.29 is 4.79 Å². The largest absolute Gasteiger partial charge is 0.348 e. The number of aryl methyl sites for hydroxylation is 2. The SMILES string of the molecule is O=C(NC1CCC(n2nc3c(cc2=O)CCC3)CC1)c1cn[nH]n1. The van der Waals surface area contributed by atoms with Crippen LogP contribution >= 0.6 is 0 Å². The summed E-state index contributed by atoms with van der Waals surface area (Å²) in [4.78, 5) is 24.3. The summed E-state index contributed by atoms with van der Waals surface area (Å²) in [6.45, 7) is 0. The third kappa shape index (κ3) is 2.83. The molecule has 0 bridgehead atoms. The second-order valence-electron chi connectivity index (χ2n) is 6.59. The van der Waals surface area contributed by atoms with Crippen molar-refractivity contribution in [2.45, 2.75) is 57.0 Å². The van der Waals surface area contributed by atoms with E-state index in [2.05, 4.69) is 25.8 Å². The van der Waals surface area contributed by atoms with Gasteiger partial charge in [0.15, 0.2) is 5.69 Å². The number of amides is 1. The normalized spacial score (nSPS) is 23.0. The first-order valence-corrected chi connectivity index (χ1v) is 8.49. The van der Waals surface area contributed by atoms with Gasteiger partial charge in [-0.2, -0.15) is 20.5 Å². The molecule has 2 aromatic heterocycles. The summed E-state index contributed by atoms with van der Waals surface area (Å²) in [5, 5.41) is 17.4. The van der Waals surface area contributed by atoms with Gasteiger partial charge in [0.25, 0.3) is 11.5 Å². The van der Waals surface area contributed by atoms with E-state index in [4.69, 9.17) is 0 Å². The molecule has 24 heavy (non-hydrogen) atoms. The van der Waals surface area contributed by atoms with E-state index in [1.807, 2.05) is 0 Å². The summed E-state index contributed by atoms with van der Waals surface area (Å²) >= 11 is 0. The lowest BCUT2D eigenvalue weighted by molar-refractivity contribution is 0.0916. The molecule has 2 aliphatic carbocycles. The Morgan fingerprint density at radius 1 is 1.25 bits per heavy atom. The van der Waals surface area contributed by atoms with E-state index in [9.17, 15) is 9.59 Å². The number of H-pyrrole nitrogens is 1. The second kappa shape index (κ2) is 6.18. The Bertz CT molecular complexity index is 789. The van der Waals surface area contributed by atoms with E-state index in [0.717, 1.165) is 56.2 Å². The van der Waals surface area contributed by atoms with E-state index >= 15 is 0 Å². The molecule has 2 heterocycles. The van der Waals surface area contributed by atoms with Gasteiger partial charge in [-0.1, -0.05) is 0 Å². The molecule has 1 amide bonds. The molecular weight excluding hydrogens is 308 g/mol. The van der Waals surface area contributed by atoms with Crippen molar-refractivity contribution in [3.63, 3.8) is 0 Å². The molecule has 0 aromatic carbocycles. The van der Waals surface area contributed by atoms with Gasteiger partial charge in [0, 0.05) is 12.1 Å². The average molecular weight is 328 g/mol. The molecule has 0 aliphatic heterocycles. The van der Waals surface area contributed by atoms with Crippen molar-refractivity contribution in [1.29, 1.82) is 0 Å². The van der Waals surface area contributed by atoms with Crippen LogP contribution < -0.4 is 10.9 Å². The summed E-state index contributed by atoms with van der Waals surface area (Å²) in [5.74, 6) is -0.208. The third-order valence-electron chi connectivity index (χ3n) is 5.01. The minimum atomic E-state index is -0.208. The molecule has 4 rings (SSSR count). The van der Waals surface area contributed by atoms with Gasteiger partial charge >= 0.3 is 0 Å². The van der Waals surface area contributed by atoms with Crippen LogP contribution in [0, 0.1) is 0 Å². The lowest BCUT2D eigenvalue weighted by atomic mass is 9.91. The Labute approximate surface area is 138 Å². The van der Waals surface area contributed by atoms with Gasteiger partial charge in [0.05, 0.1) is 17.9 Å². The van der Waals surface area contributed by atoms with Crippen LogP contribution in [0.15, 0.2) is 17.1 Å². The number of aromatic amines is 1. The van der Waals surface area contributed by atoms with Crippen molar-refractivity contribution in [3.05, 3.63) is 39.6 Å². The maximum Gasteiger partial charge on any atom is 0.273 e. The number of nitrogens with zero attached hydrogens (tertiary/aromatic N) is 4. The Kier molecular flexibility index (Phi) is 3.87. The Morgan fingerprint density at radius 2 is 2.08 bits per heavy atom. The molecule has 0 radical (unpaired) electrons. The van der Waals surface area contributed by atoms with Crippen LogP contribution in [0.25, 0.3) is 0 Å². The molecular formula is C16H20N6O2. The molecule has 126 valence electrons. The maximum atomic E-state index is 12.3. The van der Waals surface area contributed by atoms with Gasteiger partial charge in [0.2, 0.25) is 0 Å². The van der Waals surface area contributed by atoms with E-state index in [0.29, 0.717) is 5.69 Å². The standard InChI is InChI=1S/C16H20N6O2/c23-15-8-10-2-1-3-13(10)20-22(15)12-6-4-11(5-7-12)18-16(24)14-9-17-21-19-14/h8-9,11-12H,1-7H2,(H,18,24)(H,17,19,21). The van der Waals surface area contributed by atoms with Crippen LogP contribution in [0.5, 0.6) is 0 Å². The van der Waals surface area contributed by atoms with E-state index < -0.39 is 0 Å². The molecule has 0 spiro atoms. The smallest absolute Gasteiger partial charge is 0.273 e. The number of fused-ring (bicyclic) bond motifs is 1. The molecule has 2 aromatic rings. The second-order valence-corrected chi connectivity index (χ2v) is 6.59. The molecule has 2 aliphatic rings. The molecule has 1 saturated carbocycles. The third-order valence-corrected chi connectivity index (χ3v) is 5.01. The van der Waals surface area contributed by atoms with E-state index in [1.54, 1.807) is 10.7 Å². The van der Waals surface area contributed by atoms with Gasteiger partial charge < -0.3 is 5.32 Å². The summed E-state index contributed by atoms with van der Waals surface area (Å²) < 4.78 is 1.67. The first kappa shape index (κ1) is 15.0. The van der Waals surface area contributed by atoms with E-state index in [1.165, 1.54) is 6.20 Å². The Hall–Kier alpha value is -2.51. The van der Waals surface area contributed by atoms with Gasteiger partial charge in [-0.15, -0.1) is 0 Å². The predicted molar refractivity (Wildman–Crippen MR) is 85.7 cm³/mol. The highest BCUT2D eigenvalue weighted by molar-refractivity contribution is 5.91. The van der Waals surface area contributed by atoms with Crippen LogP contribution in [-0.2, 0) is 12.8 Å². The Balaban J connectivity index is 1.40. The summed E-state index contributed by atoms with van der Waals surface area (Å²) in [6, 6.07) is 1.99. The predicted octanol–water partition coefficient (Wildman–Crippen LogP) is 0.764. The van der Waals surface area contributed by atoms with Crippen LogP contribution in [-0.4, -0.2) is 37.1 Å². The maximum absolute atomic E-state index is 12.3. The number of nitrogens with one attached hydrogen (secondary N) is 2. The molecule has 2 N–H and O–H groups in total. The minimum Gasteiger partial charge on any atom is -0.348 e. The minimum absolute atomic E-state index is 0.00531. The van der Waals surface area contributed by atoms with Crippen LogP contribution in [0.2, 0.25) is 0 Å². The lowest BCUT2D eigenvalue weighted by Gasteiger charge is -2.29. The molecule has 0 unspecified atom stereocenters. The Morgan fingerprint density at radius 3 is 2.83 bits per heavy atom. The fraction of sp³-hybridized carbons (Fsp3) is 0.562. The number of carbonyl (C=O) groups is 1. The molecule has 1 fully saturated rings. The monoisotopic (exact) mass is 328 g/mol. The van der Waals surface area contributed by atoms with Crippen molar-refractivity contribution >= 4 is 5.91 Å². The van der Waals surface area contributed by atoms with Gasteiger partial charge in [-0.25, -0.2) is 4.68 Å². The molecule has 8 nitrogen and oxygen atoms in total. The van der Waals surface area contributed by atoms with Gasteiger partial charge in [-0.3, -0.25) is 9.59 Å². The zero-order valence-electron chi connectivity index (χ0n) is 13.4. The van der Waals surface area contributed by atoms with Crippen molar-refractivity contribution in [3.8, 4) is 0 Å². The average Bonchev–Trinajstić information content (AvgIpc) is 3.26.